The second-order valence-electron chi connectivity index (χ2n) is 7.33. The number of amides is 1. The maximum atomic E-state index is 13.2. The van der Waals surface area contributed by atoms with Gasteiger partial charge in [0.05, 0.1) is 12.2 Å². The largest absolute Gasteiger partial charge is 0.493 e. The first kappa shape index (κ1) is 18.2. The van der Waals surface area contributed by atoms with Crippen LogP contribution in [-0.2, 0) is 0 Å². The number of hydrogen-bond acceptors (Lipinski definition) is 3. The Morgan fingerprint density at radius 3 is 2.68 bits per heavy atom. The van der Waals surface area contributed by atoms with Gasteiger partial charge in [-0.2, -0.15) is 0 Å². The molecule has 0 radical (unpaired) electrons. The maximum Gasteiger partial charge on any atom is 0.257 e. The molecule has 0 aromatic heterocycles. The van der Waals surface area contributed by atoms with Gasteiger partial charge in [-0.15, -0.1) is 0 Å². The van der Waals surface area contributed by atoms with Crippen LogP contribution in [-0.4, -0.2) is 54.5 Å². The van der Waals surface area contributed by atoms with E-state index in [9.17, 15) is 4.79 Å². The van der Waals surface area contributed by atoms with E-state index >= 15 is 0 Å². The fourth-order valence-corrected chi connectivity index (χ4v) is 4.04. The average molecular weight is 344 g/mol. The molecule has 2 fully saturated rings. The van der Waals surface area contributed by atoms with Crippen molar-refractivity contribution in [3.8, 4) is 5.75 Å². The molecule has 25 heavy (non-hydrogen) atoms. The monoisotopic (exact) mass is 344 g/mol. The number of nitrogens with zero attached hydrogens (tertiary/aromatic N) is 2. The second kappa shape index (κ2) is 9.23. The molecule has 1 amide bonds. The number of rotatable bonds is 7. The first-order valence-corrected chi connectivity index (χ1v) is 10.0. The van der Waals surface area contributed by atoms with Gasteiger partial charge in [-0.1, -0.05) is 19.1 Å². The van der Waals surface area contributed by atoms with Gasteiger partial charge in [0.15, 0.2) is 0 Å². The Labute approximate surface area is 152 Å². The van der Waals surface area contributed by atoms with E-state index in [1.165, 1.54) is 32.4 Å². The molecule has 4 heteroatoms. The van der Waals surface area contributed by atoms with Crippen molar-refractivity contribution in [1.82, 2.24) is 9.80 Å². The summed E-state index contributed by atoms with van der Waals surface area (Å²) in [6, 6.07) is 8.10. The van der Waals surface area contributed by atoms with Crippen molar-refractivity contribution in [3.05, 3.63) is 29.8 Å². The summed E-state index contributed by atoms with van der Waals surface area (Å²) >= 11 is 0. The molecular weight excluding hydrogens is 312 g/mol. The Balaban J connectivity index is 1.67. The molecule has 1 atom stereocenters. The fraction of sp³-hybridized carbons (Fsp3) is 0.667. The molecule has 2 heterocycles. The fourth-order valence-electron chi connectivity index (χ4n) is 4.04. The Kier molecular flexibility index (Phi) is 6.74. The zero-order chi connectivity index (χ0) is 17.5. The zero-order valence-electron chi connectivity index (χ0n) is 15.6. The topological polar surface area (TPSA) is 32.8 Å². The zero-order valence-corrected chi connectivity index (χ0v) is 15.6. The number of benzene rings is 1. The summed E-state index contributed by atoms with van der Waals surface area (Å²) in [5, 5.41) is 0. The quantitative estimate of drug-likeness (QED) is 0.751. The van der Waals surface area contributed by atoms with Gasteiger partial charge in [0.2, 0.25) is 0 Å². The number of piperidine rings is 1. The lowest BCUT2D eigenvalue weighted by Crippen LogP contribution is -2.45. The van der Waals surface area contributed by atoms with E-state index < -0.39 is 0 Å². The van der Waals surface area contributed by atoms with Gasteiger partial charge in [0.1, 0.15) is 5.75 Å². The standard InChI is InChI=1S/C21H32N2O2/c1-2-17-25-20-11-4-3-10-19(20)21(24)23-15-6-5-9-18(23)12-16-22-13-7-8-14-22/h3-4,10-11,18H,2,5-9,12-17H2,1H3/t18-/m1/s1. The Morgan fingerprint density at radius 2 is 1.88 bits per heavy atom. The molecule has 0 aliphatic carbocycles. The van der Waals surface area contributed by atoms with E-state index in [1.54, 1.807) is 0 Å². The van der Waals surface area contributed by atoms with Gasteiger partial charge in [-0.3, -0.25) is 4.79 Å². The highest BCUT2D eigenvalue weighted by Gasteiger charge is 2.29. The molecule has 0 saturated carbocycles. The van der Waals surface area contributed by atoms with Crippen molar-refractivity contribution in [1.29, 1.82) is 0 Å². The van der Waals surface area contributed by atoms with E-state index in [1.807, 2.05) is 24.3 Å². The third kappa shape index (κ3) is 4.75. The summed E-state index contributed by atoms with van der Waals surface area (Å²) in [6.45, 7) is 7.21. The van der Waals surface area contributed by atoms with Gasteiger partial charge < -0.3 is 14.5 Å². The lowest BCUT2D eigenvalue weighted by molar-refractivity contribution is 0.0583. The minimum Gasteiger partial charge on any atom is -0.493 e. The Morgan fingerprint density at radius 1 is 1.12 bits per heavy atom. The average Bonchev–Trinajstić information content (AvgIpc) is 3.18. The van der Waals surface area contributed by atoms with Crippen LogP contribution in [0.3, 0.4) is 0 Å². The van der Waals surface area contributed by atoms with Crippen LogP contribution >= 0.6 is 0 Å². The van der Waals surface area contributed by atoms with E-state index in [0.29, 0.717) is 12.6 Å². The van der Waals surface area contributed by atoms with E-state index in [0.717, 1.165) is 50.1 Å². The molecule has 1 aromatic rings. The van der Waals surface area contributed by atoms with Crippen molar-refractivity contribution in [3.63, 3.8) is 0 Å². The highest BCUT2D eigenvalue weighted by Crippen LogP contribution is 2.26. The van der Waals surface area contributed by atoms with Crippen molar-refractivity contribution < 1.29 is 9.53 Å². The third-order valence-electron chi connectivity index (χ3n) is 5.44. The lowest BCUT2D eigenvalue weighted by Gasteiger charge is -2.37. The van der Waals surface area contributed by atoms with Crippen LogP contribution in [0.2, 0.25) is 0 Å². The van der Waals surface area contributed by atoms with Crippen LogP contribution in [0.5, 0.6) is 5.75 Å². The molecule has 1 aromatic carbocycles. The number of hydrogen-bond donors (Lipinski definition) is 0. The molecule has 2 saturated heterocycles. The third-order valence-corrected chi connectivity index (χ3v) is 5.44. The molecule has 0 N–H and O–H groups in total. The predicted octanol–water partition coefficient (Wildman–Crippen LogP) is 3.96. The summed E-state index contributed by atoms with van der Waals surface area (Å²) < 4.78 is 5.82. The van der Waals surface area contributed by atoms with E-state index in [2.05, 4.69) is 16.7 Å². The van der Waals surface area contributed by atoms with Crippen LogP contribution in [0.25, 0.3) is 0 Å². The number of ether oxygens (including phenoxy) is 1. The summed E-state index contributed by atoms with van der Waals surface area (Å²) in [4.78, 5) is 17.9. The summed E-state index contributed by atoms with van der Waals surface area (Å²) in [5.74, 6) is 0.885. The first-order chi connectivity index (χ1) is 12.3. The van der Waals surface area contributed by atoms with Crippen LogP contribution in [0.15, 0.2) is 24.3 Å². The highest BCUT2D eigenvalue weighted by molar-refractivity contribution is 5.97. The number of carbonyl (C=O) groups excluding carboxylic acids is 1. The summed E-state index contributed by atoms with van der Waals surface area (Å²) in [7, 11) is 0. The molecule has 4 nitrogen and oxygen atoms in total. The molecule has 0 spiro atoms. The summed E-state index contributed by atoms with van der Waals surface area (Å²) in [5.41, 5.74) is 0.726. The van der Waals surface area contributed by atoms with Crippen molar-refractivity contribution in [2.24, 2.45) is 0 Å². The Hall–Kier alpha value is -1.55. The Bertz CT molecular complexity index is 555. The SMILES string of the molecule is CCCOc1ccccc1C(=O)N1CCCC[C@@H]1CCN1CCCC1. The first-order valence-electron chi connectivity index (χ1n) is 10.0. The van der Waals surface area contributed by atoms with Crippen LogP contribution in [0.4, 0.5) is 0 Å². The number of likely N-dealkylation sites (tertiary alicyclic amines) is 2. The van der Waals surface area contributed by atoms with Crippen molar-refractivity contribution in [2.45, 2.75) is 57.9 Å². The minimum atomic E-state index is 0.151. The van der Waals surface area contributed by atoms with Gasteiger partial charge >= 0.3 is 0 Å². The van der Waals surface area contributed by atoms with E-state index in [-0.39, 0.29) is 5.91 Å². The second-order valence-corrected chi connectivity index (χ2v) is 7.33. The van der Waals surface area contributed by atoms with Crippen LogP contribution < -0.4 is 4.74 Å². The van der Waals surface area contributed by atoms with Crippen LogP contribution in [0.1, 0.15) is 62.2 Å². The van der Waals surface area contributed by atoms with Gasteiger partial charge in [0, 0.05) is 19.1 Å². The normalized spacial score (nSPS) is 21.5. The van der Waals surface area contributed by atoms with Gasteiger partial charge in [-0.25, -0.2) is 0 Å². The van der Waals surface area contributed by atoms with Crippen molar-refractivity contribution >= 4 is 5.91 Å². The predicted molar refractivity (Wildman–Crippen MR) is 101 cm³/mol. The molecule has 2 aliphatic heterocycles. The summed E-state index contributed by atoms with van der Waals surface area (Å²) in [6.07, 6.45) is 8.20. The van der Waals surface area contributed by atoms with Gasteiger partial charge in [0.25, 0.3) is 5.91 Å². The molecule has 0 unspecified atom stereocenters. The molecule has 0 bridgehead atoms. The number of carbonyl (C=O) groups is 1. The smallest absolute Gasteiger partial charge is 0.257 e. The molecular formula is C21H32N2O2. The highest BCUT2D eigenvalue weighted by atomic mass is 16.5. The molecule has 138 valence electrons. The van der Waals surface area contributed by atoms with Gasteiger partial charge in [-0.05, 0) is 70.2 Å². The number of para-hydroxylation sites is 1. The maximum absolute atomic E-state index is 13.2. The van der Waals surface area contributed by atoms with E-state index in [4.69, 9.17) is 4.74 Å². The lowest BCUT2D eigenvalue weighted by atomic mass is 9.97. The minimum absolute atomic E-state index is 0.151. The molecule has 3 rings (SSSR count). The van der Waals surface area contributed by atoms with Crippen LogP contribution in [0, 0.1) is 0 Å². The molecule has 2 aliphatic rings. The van der Waals surface area contributed by atoms with Crippen molar-refractivity contribution in [2.75, 3.05) is 32.8 Å².